The van der Waals surface area contributed by atoms with Gasteiger partial charge in [0.15, 0.2) is 0 Å². The number of furan rings is 1. The Labute approximate surface area is 121 Å². The minimum Gasteiger partial charge on any atom is -0.467 e. The summed E-state index contributed by atoms with van der Waals surface area (Å²) in [6.45, 7) is 3.48. The van der Waals surface area contributed by atoms with E-state index in [0.717, 1.165) is 44.7 Å². The van der Waals surface area contributed by atoms with E-state index in [1.54, 1.807) is 6.26 Å². The number of aliphatic hydroxyl groups excluding tert-OH is 1. The molecule has 0 saturated heterocycles. The van der Waals surface area contributed by atoms with Crippen molar-refractivity contribution in [1.29, 1.82) is 0 Å². The molecule has 2 rings (SSSR count). The van der Waals surface area contributed by atoms with Gasteiger partial charge in [-0.25, -0.2) is 0 Å². The number of rotatable bonds is 9. The Morgan fingerprint density at radius 2 is 2.15 bits per heavy atom. The minimum atomic E-state index is 0.132. The van der Waals surface area contributed by atoms with Gasteiger partial charge < -0.3 is 19.6 Å². The van der Waals surface area contributed by atoms with Crippen LogP contribution in [0.3, 0.4) is 0 Å². The van der Waals surface area contributed by atoms with Crippen molar-refractivity contribution in [2.75, 3.05) is 26.3 Å². The van der Waals surface area contributed by atoms with Crippen molar-refractivity contribution in [1.82, 2.24) is 5.32 Å². The van der Waals surface area contributed by atoms with E-state index in [-0.39, 0.29) is 5.41 Å². The summed E-state index contributed by atoms with van der Waals surface area (Å²) in [5.74, 6) is 0.874. The van der Waals surface area contributed by atoms with Crippen molar-refractivity contribution in [2.45, 2.75) is 45.1 Å². The van der Waals surface area contributed by atoms with E-state index < -0.39 is 0 Å². The predicted octanol–water partition coefficient (Wildman–Crippen LogP) is 2.72. The van der Waals surface area contributed by atoms with E-state index in [9.17, 15) is 5.11 Å². The number of hydrogen-bond donors (Lipinski definition) is 2. The Kier molecular flexibility index (Phi) is 6.57. The van der Waals surface area contributed by atoms with Gasteiger partial charge in [0.05, 0.1) is 6.26 Å². The highest BCUT2D eigenvalue weighted by molar-refractivity contribution is 4.95. The van der Waals surface area contributed by atoms with Crippen LogP contribution in [0.2, 0.25) is 0 Å². The molecule has 114 valence electrons. The van der Waals surface area contributed by atoms with E-state index >= 15 is 0 Å². The van der Waals surface area contributed by atoms with E-state index in [4.69, 9.17) is 9.15 Å². The zero-order valence-electron chi connectivity index (χ0n) is 12.3. The van der Waals surface area contributed by atoms with Crippen LogP contribution >= 0.6 is 0 Å². The van der Waals surface area contributed by atoms with E-state index in [1.807, 2.05) is 12.1 Å². The lowest BCUT2D eigenvalue weighted by Crippen LogP contribution is -2.39. The van der Waals surface area contributed by atoms with Gasteiger partial charge in [0.25, 0.3) is 0 Å². The van der Waals surface area contributed by atoms with Crippen molar-refractivity contribution in [3.8, 4) is 0 Å². The highest BCUT2D eigenvalue weighted by atomic mass is 16.5. The molecule has 1 aromatic rings. The first-order valence-electron chi connectivity index (χ1n) is 7.76. The third-order valence-electron chi connectivity index (χ3n) is 4.22. The van der Waals surface area contributed by atoms with E-state index in [1.165, 1.54) is 19.3 Å². The SMILES string of the molecule is OCC1(CNCCCOCc2ccco2)CCCCC1. The number of ether oxygens (including phenoxy) is 1. The van der Waals surface area contributed by atoms with E-state index in [2.05, 4.69) is 5.32 Å². The molecule has 0 spiro atoms. The van der Waals surface area contributed by atoms with E-state index in [0.29, 0.717) is 13.2 Å². The summed E-state index contributed by atoms with van der Waals surface area (Å²) in [6.07, 6.45) is 8.81. The molecule has 0 amide bonds. The summed E-state index contributed by atoms with van der Waals surface area (Å²) in [7, 11) is 0. The van der Waals surface area contributed by atoms with Crippen LogP contribution in [0.5, 0.6) is 0 Å². The molecule has 0 radical (unpaired) electrons. The first-order chi connectivity index (χ1) is 9.85. The molecule has 4 heteroatoms. The Morgan fingerprint density at radius 1 is 1.30 bits per heavy atom. The molecular weight excluding hydrogens is 254 g/mol. The molecule has 1 aromatic heterocycles. The van der Waals surface area contributed by atoms with Gasteiger partial charge in [-0.3, -0.25) is 0 Å². The summed E-state index contributed by atoms with van der Waals surface area (Å²) >= 11 is 0. The Bertz CT molecular complexity index is 345. The van der Waals surface area contributed by atoms with Gasteiger partial charge in [-0.05, 0) is 37.9 Å². The average Bonchev–Trinajstić information content (AvgIpc) is 3.00. The van der Waals surface area contributed by atoms with Gasteiger partial charge in [0.1, 0.15) is 12.4 Å². The maximum absolute atomic E-state index is 9.61. The molecule has 20 heavy (non-hydrogen) atoms. The third-order valence-corrected chi connectivity index (χ3v) is 4.22. The van der Waals surface area contributed by atoms with Gasteiger partial charge in [-0.2, -0.15) is 0 Å². The second kappa shape index (κ2) is 8.45. The zero-order chi connectivity index (χ0) is 14.1. The fourth-order valence-corrected chi connectivity index (χ4v) is 2.91. The second-order valence-electron chi connectivity index (χ2n) is 5.88. The van der Waals surface area contributed by atoms with Gasteiger partial charge in [-0.1, -0.05) is 19.3 Å². The monoisotopic (exact) mass is 281 g/mol. The quantitative estimate of drug-likeness (QED) is 0.683. The molecule has 0 aromatic carbocycles. The molecule has 0 bridgehead atoms. The van der Waals surface area contributed by atoms with Crippen LogP contribution in [-0.4, -0.2) is 31.4 Å². The maximum Gasteiger partial charge on any atom is 0.129 e. The number of hydrogen-bond acceptors (Lipinski definition) is 4. The Morgan fingerprint density at radius 3 is 2.85 bits per heavy atom. The lowest BCUT2D eigenvalue weighted by Gasteiger charge is -2.35. The highest BCUT2D eigenvalue weighted by Crippen LogP contribution is 2.35. The smallest absolute Gasteiger partial charge is 0.129 e. The molecular formula is C16H27NO3. The fourth-order valence-electron chi connectivity index (χ4n) is 2.91. The number of aliphatic hydroxyl groups is 1. The summed E-state index contributed by atoms with van der Waals surface area (Å²) in [4.78, 5) is 0. The van der Waals surface area contributed by atoms with Crippen LogP contribution in [0.15, 0.2) is 22.8 Å². The zero-order valence-corrected chi connectivity index (χ0v) is 12.3. The number of nitrogens with one attached hydrogen (secondary N) is 1. The maximum atomic E-state index is 9.61. The molecule has 1 fully saturated rings. The van der Waals surface area contributed by atoms with Gasteiger partial charge in [-0.15, -0.1) is 0 Å². The third kappa shape index (κ3) is 4.93. The molecule has 0 aliphatic heterocycles. The standard InChI is InChI=1S/C16H27NO3/c18-14-16(7-2-1-3-8-16)13-17-9-5-10-19-12-15-6-4-11-20-15/h4,6,11,17-18H,1-3,5,7-10,12-14H2. The lowest BCUT2D eigenvalue weighted by molar-refractivity contribution is 0.0780. The Balaban J connectivity index is 1.50. The minimum absolute atomic E-state index is 0.132. The topological polar surface area (TPSA) is 54.6 Å². The molecule has 1 aliphatic rings. The van der Waals surface area contributed by atoms with Crippen LogP contribution in [-0.2, 0) is 11.3 Å². The van der Waals surface area contributed by atoms with Crippen molar-refractivity contribution in [3.05, 3.63) is 24.2 Å². The first-order valence-corrected chi connectivity index (χ1v) is 7.76. The molecule has 4 nitrogen and oxygen atoms in total. The Hall–Kier alpha value is -0.840. The first kappa shape index (κ1) is 15.5. The van der Waals surface area contributed by atoms with Crippen molar-refractivity contribution in [2.24, 2.45) is 5.41 Å². The van der Waals surface area contributed by atoms with Crippen molar-refractivity contribution in [3.63, 3.8) is 0 Å². The molecule has 1 aliphatic carbocycles. The van der Waals surface area contributed by atoms with Crippen LogP contribution in [0, 0.1) is 5.41 Å². The molecule has 1 heterocycles. The summed E-state index contributed by atoms with van der Waals surface area (Å²) in [6, 6.07) is 3.80. The second-order valence-corrected chi connectivity index (χ2v) is 5.88. The molecule has 0 unspecified atom stereocenters. The molecule has 2 N–H and O–H groups in total. The lowest BCUT2D eigenvalue weighted by atomic mass is 9.74. The summed E-state index contributed by atoms with van der Waals surface area (Å²) in [5.41, 5.74) is 0.132. The average molecular weight is 281 g/mol. The fraction of sp³-hybridized carbons (Fsp3) is 0.750. The molecule has 0 atom stereocenters. The predicted molar refractivity (Wildman–Crippen MR) is 78.5 cm³/mol. The highest BCUT2D eigenvalue weighted by Gasteiger charge is 2.30. The van der Waals surface area contributed by atoms with Crippen LogP contribution in [0.4, 0.5) is 0 Å². The summed E-state index contributed by atoms with van der Waals surface area (Å²) in [5, 5.41) is 13.1. The van der Waals surface area contributed by atoms with Crippen molar-refractivity contribution < 1.29 is 14.3 Å². The molecule has 1 saturated carbocycles. The van der Waals surface area contributed by atoms with Gasteiger partial charge >= 0.3 is 0 Å². The van der Waals surface area contributed by atoms with Crippen LogP contribution in [0.25, 0.3) is 0 Å². The van der Waals surface area contributed by atoms with Crippen LogP contribution < -0.4 is 5.32 Å². The summed E-state index contributed by atoms with van der Waals surface area (Å²) < 4.78 is 10.7. The normalized spacial score (nSPS) is 18.2. The van der Waals surface area contributed by atoms with Crippen molar-refractivity contribution >= 4 is 0 Å². The van der Waals surface area contributed by atoms with Gasteiger partial charge in [0, 0.05) is 25.2 Å². The largest absolute Gasteiger partial charge is 0.467 e. The van der Waals surface area contributed by atoms with Crippen LogP contribution in [0.1, 0.15) is 44.3 Å². The van der Waals surface area contributed by atoms with Gasteiger partial charge in [0.2, 0.25) is 0 Å².